The number of anilines is 3. The Morgan fingerprint density at radius 1 is 0.846 bits per heavy atom. The molecule has 2 fully saturated rings. The number of carbonyl (C=O) groups is 1. The third kappa shape index (κ3) is 3.32. The molecule has 1 amide bonds. The highest BCUT2D eigenvalue weighted by Gasteiger charge is 2.31. The average molecular weight is 352 g/mol. The van der Waals surface area contributed by atoms with Gasteiger partial charge in [0.25, 0.3) is 0 Å². The molecule has 2 N–H and O–H groups in total. The molecule has 2 aliphatic heterocycles. The van der Waals surface area contributed by atoms with Crippen LogP contribution < -0.4 is 20.4 Å². The molecule has 0 radical (unpaired) electrons. The molecule has 0 aliphatic carbocycles. The summed E-state index contributed by atoms with van der Waals surface area (Å²) >= 11 is 0. The van der Waals surface area contributed by atoms with E-state index in [-0.39, 0.29) is 12.2 Å². The SMILES string of the molecule is NC[C@H]1CN(c2ccc(N3CCN(c4ccccc4)CC3)cc2)C(=O)O1. The minimum Gasteiger partial charge on any atom is -0.443 e. The highest BCUT2D eigenvalue weighted by molar-refractivity contribution is 5.90. The summed E-state index contributed by atoms with van der Waals surface area (Å²) in [5.74, 6) is 0. The maximum atomic E-state index is 11.9. The Balaban J connectivity index is 1.38. The third-order valence-electron chi connectivity index (χ3n) is 5.06. The second-order valence-corrected chi connectivity index (χ2v) is 6.68. The van der Waals surface area contributed by atoms with Gasteiger partial charge in [0.05, 0.1) is 6.54 Å². The van der Waals surface area contributed by atoms with E-state index < -0.39 is 0 Å². The van der Waals surface area contributed by atoms with Crippen LogP contribution in [0.3, 0.4) is 0 Å². The Kier molecular flexibility index (Phi) is 4.67. The first kappa shape index (κ1) is 16.7. The van der Waals surface area contributed by atoms with Gasteiger partial charge in [-0.15, -0.1) is 0 Å². The minimum absolute atomic E-state index is 0.215. The average Bonchev–Trinajstić information content (AvgIpc) is 3.10. The molecule has 136 valence electrons. The van der Waals surface area contributed by atoms with E-state index in [0.29, 0.717) is 13.1 Å². The summed E-state index contributed by atoms with van der Waals surface area (Å²) in [7, 11) is 0. The lowest BCUT2D eigenvalue weighted by molar-refractivity contribution is 0.145. The molecule has 6 heteroatoms. The number of rotatable bonds is 4. The normalized spacial score (nSPS) is 20.4. The lowest BCUT2D eigenvalue weighted by Crippen LogP contribution is -2.46. The number of amides is 1. The summed E-state index contributed by atoms with van der Waals surface area (Å²) in [5, 5.41) is 0. The van der Waals surface area contributed by atoms with Crippen molar-refractivity contribution < 1.29 is 9.53 Å². The number of piperazine rings is 1. The fourth-order valence-corrected chi connectivity index (χ4v) is 3.56. The standard InChI is InChI=1S/C20H24N4O2/c21-14-19-15-24(20(25)26-19)18-8-6-17(7-9-18)23-12-10-22(11-13-23)16-4-2-1-3-5-16/h1-9,19H,10-15,21H2/t19-/m0/s1. The van der Waals surface area contributed by atoms with Gasteiger partial charge in [0, 0.05) is 49.8 Å². The van der Waals surface area contributed by atoms with Crippen LogP contribution in [0.25, 0.3) is 0 Å². The highest BCUT2D eigenvalue weighted by Crippen LogP contribution is 2.26. The van der Waals surface area contributed by atoms with E-state index in [4.69, 9.17) is 10.5 Å². The number of carbonyl (C=O) groups excluding carboxylic acids is 1. The summed E-state index contributed by atoms with van der Waals surface area (Å²) in [6, 6.07) is 18.7. The number of ether oxygens (including phenoxy) is 1. The number of nitrogens with two attached hydrogens (primary N) is 1. The smallest absolute Gasteiger partial charge is 0.414 e. The highest BCUT2D eigenvalue weighted by atomic mass is 16.6. The van der Waals surface area contributed by atoms with Crippen LogP contribution in [0.15, 0.2) is 54.6 Å². The number of hydrogen-bond donors (Lipinski definition) is 1. The molecular formula is C20H24N4O2. The van der Waals surface area contributed by atoms with Crippen molar-refractivity contribution in [3.8, 4) is 0 Å². The maximum absolute atomic E-state index is 11.9. The van der Waals surface area contributed by atoms with Crippen molar-refractivity contribution in [3.63, 3.8) is 0 Å². The van der Waals surface area contributed by atoms with E-state index in [9.17, 15) is 4.79 Å². The molecule has 2 aromatic carbocycles. The number of cyclic esters (lactones) is 1. The van der Waals surface area contributed by atoms with Crippen LogP contribution in [0, 0.1) is 0 Å². The molecule has 2 saturated heterocycles. The molecule has 26 heavy (non-hydrogen) atoms. The molecule has 4 rings (SSSR count). The van der Waals surface area contributed by atoms with Gasteiger partial charge in [0.1, 0.15) is 6.10 Å². The first-order chi connectivity index (χ1) is 12.7. The van der Waals surface area contributed by atoms with Crippen molar-refractivity contribution in [1.29, 1.82) is 0 Å². The molecule has 2 aliphatic rings. The first-order valence-corrected chi connectivity index (χ1v) is 9.08. The van der Waals surface area contributed by atoms with E-state index in [1.165, 1.54) is 11.4 Å². The monoisotopic (exact) mass is 352 g/mol. The zero-order valence-electron chi connectivity index (χ0n) is 14.8. The van der Waals surface area contributed by atoms with Crippen molar-refractivity contribution >= 4 is 23.2 Å². The zero-order valence-corrected chi connectivity index (χ0v) is 14.8. The molecule has 2 aromatic rings. The Morgan fingerprint density at radius 3 is 1.92 bits per heavy atom. The molecule has 0 saturated carbocycles. The van der Waals surface area contributed by atoms with Gasteiger partial charge in [-0.05, 0) is 36.4 Å². The lowest BCUT2D eigenvalue weighted by atomic mass is 10.2. The fourth-order valence-electron chi connectivity index (χ4n) is 3.56. The lowest BCUT2D eigenvalue weighted by Gasteiger charge is -2.37. The van der Waals surface area contributed by atoms with Crippen molar-refractivity contribution in [3.05, 3.63) is 54.6 Å². The van der Waals surface area contributed by atoms with Gasteiger partial charge in [0.15, 0.2) is 0 Å². The molecule has 0 spiro atoms. The van der Waals surface area contributed by atoms with Gasteiger partial charge in [-0.25, -0.2) is 4.79 Å². The topological polar surface area (TPSA) is 62.0 Å². The largest absolute Gasteiger partial charge is 0.443 e. The summed E-state index contributed by atoms with van der Waals surface area (Å²) in [6.07, 6.45) is -0.530. The molecule has 0 aromatic heterocycles. The van der Waals surface area contributed by atoms with Crippen LogP contribution >= 0.6 is 0 Å². The Labute approximate surface area is 153 Å². The van der Waals surface area contributed by atoms with Crippen LogP contribution in [-0.2, 0) is 4.74 Å². The molecule has 2 heterocycles. The van der Waals surface area contributed by atoms with Crippen LogP contribution in [0.4, 0.5) is 21.9 Å². The van der Waals surface area contributed by atoms with E-state index in [2.05, 4.69) is 46.2 Å². The molecule has 0 unspecified atom stereocenters. The molecule has 1 atom stereocenters. The van der Waals surface area contributed by atoms with E-state index >= 15 is 0 Å². The quantitative estimate of drug-likeness (QED) is 0.915. The Morgan fingerprint density at radius 2 is 1.38 bits per heavy atom. The second kappa shape index (κ2) is 7.25. The van der Waals surface area contributed by atoms with Crippen LogP contribution in [0.1, 0.15) is 0 Å². The fraction of sp³-hybridized carbons (Fsp3) is 0.350. The predicted molar refractivity (Wildman–Crippen MR) is 104 cm³/mol. The van der Waals surface area contributed by atoms with Crippen LogP contribution in [0.2, 0.25) is 0 Å². The van der Waals surface area contributed by atoms with Gasteiger partial charge in [-0.3, -0.25) is 4.90 Å². The van der Waals surface area contributed by atoms with E-state index in [1.54, 1.807) is 4.90 Å². The van der Waals surface area contributed by atoms with Gasteiger partial charge in [-0.2, -0.15) is 0 Å². The molecule has 6 nitrogen and oxygen atoms in total. The van der Waals surface area contributed by atoms with Gasteiger partial charge < -0.3 is 20.3 Å². The summed E-state index contributed by atoms with van der Waals surface area (Å²) in [4.78, 5) is 18.4. The van der Waals surface area contributed by atoms with Crippen LogP contribution in [-0.4, -0.2) is 51.5 Å². The Hall–Kier alpha value is -2.73. The summed E-state index contributed by atoms with van der Waals surface area (Å²) < 4.78 is 5.22. The van der Waals surface area contributed by atoms with Gasteiger partial charge >= 0.3 is 6.09 Å². The Bertz CT molecular complexity index is 742. The van der Waals surface area contributed by atoms with Gasteiger partial charge in [0.2, 0.25) is 0 Å². The first-order valence-electron chi connectivity index (χ1n) is 9.08. The number of benzene rings is 2. The second-order valence-electron chi connectivity index (χ2n) is 6.68. The zero-order chi connectivity index (χ0) is 17.9. The van der Waals surface area contributed by atoms with Gasteiger partial charge in [-0.1, -0.05) is 18.2 Å². The van der Waals surface area contributed by atoms with E-state index in [1.807, 2.05) is 18.2 Å². The van der Waals surface area contributed by atoms with Crippen molar-refractivity contribution in [2.75, 3.05) is 54.0 Å². The number of nitrogens with zero attached hydrogens (tertiary/aromatic N) is 3. The number of hydrogen-bond acceptors (Lipinski definition) is 5. The molecular weight excluding hydrogens is 328 g/mol. The molecule has 0 bridgehead atoms. The maximum Gasteiger partial charge on any atom is 0.414 e. The summed E-state index contributed by atoms with van der Waals surface area (Å²) in [5.41, 5.74) is 8.92. The predicted octanol–water partition coefficient (Wildman–Crippen LogP) is 2.30. The summed E-state index contributed by atoms with van der Waals surface area (Å²) in [6.45, 7) is 4.84. The van der Waals surface area contributed by atoms with E-state index in [0.717, 1.165) is 31.9 Å². The van der Waals surface area contributed by atoms with Crippen LogP contribution in [0.5, 0.6) is 0 Å². The van der Waals surface area contributed by atoms with Crippen molar-refractivity contribution in [2.24, 2.45) is 5.73 Å². The number of para-hydroxylation sites is 1. The van der Waals surface area contributed by atoms with Crippen molar-refractivity contribution in [1.82, 2.24) is 0 Å². The third-order valence-corrected chi connectivity index (χ3v) is 5.06. The minimum atomic E-state index is -0.315. The van der Waals surface area contributed by atoms with Crippen molar-refractivity contribution in [2.45, 2.75) is 6.10 Å².